The molecule has 1 aromatic carbocycles. The summed E-state index contributed by atoms with van der Waals surface area (Å²) in [5.74, 6) is 0. The summed E-state index contributed by atoms with van der Waals surface area (Å²) in [6.45, 7) is 7.36. The van der Waals surface area contributed by atoms with Crippen molar-refractivity contribution in [3.05, 3.63) is 20.4 Å². The molecule has 0 radical (unpaired) electrons. The van der Waals surface area contributed by atoms with E-state index in [1.165, 1.54) is 0 Å². The molecule has 1 aliphatic rings. The van der Waals surface area contributed by atoms with Crippen LogP contribution in [0.25, 0.3) is 0 Å². The molecule has 0 amide bonds. The summed E-state index contributed by atoms with van der Waals surface area (Å²) in [5.41, 5.74) is 0.262. The molecule has 1 aromatic rings. The molecule has 2 rings (SSSR count). The van der Waals surface area contributed by atoms with Crippen molar-refractivity contribution in [3.63, 3.8) is 0 Å². The molecule has 6 heteroatoms. The highest BCUT2D eigenvalue weighted by Gasteiger charge is 2.26. The smallest absolute Gasteiger partial charge is 0.253 e. The quantitative estimate of drug-likeness (QED) is 0.466. The zero-order valence-electron chi connectivity index (χ0n) is 12.1. The average Bonchev–Trinajstić information content (AvgIpc) is 2.41. The molecular formula is C14H22N2O3S. The summed E-state index contributed by atoms with van der Waals surface area (Å²) < 4.78 is 5.25. The second-order valence-electron chi connectivity index (χ2n) is 5.82. The van der Waals surface area contributed by atoms with Crippen molar-refractivity contribution in [2.45, 2.75) is 31.4 Å². The summed E-state index contributed by atoms with van der Waals surface area (Å²) >= 11 is 4.47. The minimum atomic E-state index is -0.392. The molecule has 0 spiro atoms. The van der Waals surface area contributed by atoms with E-state index in [9.17, 15) is 9.59 Å². The maximum atomic E-state index is 11.7. The molecule has 0 unspecified atom stereocenters. The molecule has 20 heavy (non-hydrogen) atoms. The van der Waals surface area contributed by atoms with Crippen LogP contribution in [-0.2, 0) is 4.74 Å². The van der Waals surface area contributed by atoms with Crippen LogP contribution in [-0.4, -0.2) is 37.6 Å². The highest BCUT2D eigenvalue weighted by atomic mass is 32.1. The largest absolute Gasteiger partial charge is 0.380 e. The van der Waals surface area contributed by atoms with Gasteiger partial charge in [-0.2, -0.15) is 12.6 Å². The van der Waals surface area contributed by atoms with Crippen LogP contribution >= 0.6 is 12.6 Å². The highest BCUT2D eigenvalue weighted by Crippen LogP contribution is 2.22. The summed E-state index contributed by atoms with van der Waals surface area (Å²) in [5, 5.41) is 3.11. The number of ether oxygens (including phenoxy) is 1. The zero-order valence-corrected chi connectivity index (χ0v) is 13.0. The molecule has 0 atom stereocenters. The van der Waals surface area contributed by atoms with Crippen molar-refractivity contribution < 1.29 is 4.74 Å². The van der Waals surface area contributed by atoms with Crippen molar-refractivity contribution in [3.8, 4) is 0 Å². The fourth-order valence-corrected chi connectivity index (χ4v) is 2.52. The number of morpholine rings is 1. The zero-order chi connectivity index (χ0) is 14.8. The van der Waals surface area contributed by atoms with Crippen LogP contribution in [0.3, 0.4) is 0 Å². The maximum absolute atomic E-state index is 11.7. The van der Waals surface area contributed by atoms with Crippen molar-refractivity contribution in [2.24, 2.45) is 0 Å². The van der Waals surface area contributed by atoms with E-state index >= 15 is 0 Å². The first-order valence-corrected chi connectivity index (χ1v) is 7.47. The Hall–Kier alpha value is -1.01. The van der Waals surface area contributed by atoms with E-state index in [1.807, 2.05) is 4.90 Å². The third-order valence-corrected chi connectivity index (χ3v) is 3.70. The Morgan fingerprint density at radius 3 is 2.50 bits per heavy atom. The molecule has 0 aliphatic carbocycles. The van der Waals surface area contributed by atoms with E-state index in [-0.39, 0.29) is 10.2 Å². The van der Waals surface area contributed by atoms with E-state index in [4.69, 9.17) is 4.74 Å². The second kappa shape index (κ2) is 6.18. The van der Waals surface area contributed by atoms with Crippen molar-refractivity contribution >= 4 is 24.0 Å². The predicted octanol–water partition coefficient (Wildman–Crippen LogP) is 1.02. The summed E-state index contributed by atoms with van der Waals surface area (Å²) in [7, 11) is 0. The maximum Gasteiger partial charge on any atom is 0.253 e. The molecule has 1 aliphatic heterocycles. The van der Waals surface area contributed by atoms with Crippen molar-refractivity contribution in [2.75, 3.05) is 43.1 Å². The lowest BCUT2D eigenvalue weighted by Crippen LogP contribution is -2.47. The summed E-state index contributed by atoms with van der Waals surface area (Å²) in [6.07, 6.45) is 1.86. The number of hydrogen-bond donors (Lipinski definition) is 2. The molecule has 112 valence electrons. The highest BCUT2D eigenvalue weighted by molar-refractivity contribution is 7.81. The lowest BCUT2D eigenvalue weighted by atomic mass is 10.1. The number of thiol groups is 1. The lowest BCUT2D eigenvalue weighted by molar-refractivity contribution is 0.122. The molecule has 1 saturated heterocycles. The summed E-state index contributed by atoms with van der Waals surface area (Å²) in [4.78, 5) is 25.3. The van der Waals surface area contributed by atoms with Gasteiger partial charge in [-0.05, 0) is 12.8 Å². The van der Waals surface area contributed by atoms with Gasteiger partial charge in [0.1, 0.15) is 11.4 Å². The Balaban J connectivity index is 1.93. The molecule has 0 saturated carbocycles. The monoisotopic (exact) mass is 298 g/mol. The van der Waals surface area contributed by atoms with Gasteiger partial charge < -0.3 is 15.0 Å². The van der Waals surface area contributed by atoms with Gasteiger partial charge in [0.2, 0.25) is 0 Å². The van der Waals surface area contributed by atoms with Crippen molar-refractivity contribution in [1.29, 1.82) is 0 Å². The van der Waals surface area contributed by atoms with Gasteiger partial charge in [-0.25, -0.2) is 0 Å². The Kier molecular flexibility index (Phi) is 4.75. The molecule has 1 N–H and O–H groups in total. The first-order valence-electron chi connectivity index (χ1n) is 7.02. The van der Waals surface area contributed by atoms with Crippen molar-refractivity contribution in [1.82, 2.24) is 0 Å². The van der Waals surface area contributed by atoms with Crippen LogP contribution in [0.5, 0.6) is 0 Å². The fourth-order valence-electron chi connectivity index (χ4n) is 2.37. The lowest BCUT2D eigenvalue weighted by Gasteiger charge is -2.31. The SMILES string of the molecule is CC(C)(S)CCCNc1c(N2CCOCC2)c(=O)c1=O. The average molecular weight is 298 g/mol. The molecular weight excluding hydrogens is 276 g/mol. The van der Waals surface area contributed by atoms with Crippen LogP contribution < -0.4 is 21.1 Å². The van der Waals surface area contributed by atoms with Gasteiger partial charge in [0.15, 0.2) is 0 Å². The predicted molar refractivity (Wildman–Crippen MR) is 85.2 cm³/mol. The second-order valence-corrected chi connectivity index (χ2v) is 7.03. The first-order chi connectivity index (χ1) is 9.40. The van der Waals surface area contributed by atoms with Gasteiger partial charge in [-0.15, -0.1) is 0 Å². The number of nitrogens with zero attached hydrogens (tertiary/aromatic N) is 1. The van der Waals surface area contributed by atoms with Gasteiger partial charge in [0.05, 0.1) is 13.2 Å². The van der Waals surface area contributed by atoms with Gasteiger partial charge in [0, 0.05) is 24.4 Å². The Labute approximate surface area is 124 Å². The molecule has 5 nitrogen and oxygen atoms in total. The van der Waals surface area contributed by atoms with E-state index < -0.39 is 5.43 Å². The van der Waals surface area contributed by atoms with E-state index in [1.54, 1.807) is 0 Å². The van der Waals surface area contributed by atoms with E-state index in [0.717, 1.165) is 12.8 Å². The minimum absolute atomic E-state index is 0.0114. The van der Waals surface area contributed by atoms with Crippen LogP contribution in [0.2, 0.25) is 0 Å². The van der Waals surface area contributed by atoms with Gasteiger partial charge in [-0.3, -0.25) is 9.59 Å². The standard InChI is InChI=1S/C14H22N2O3S/c1-14(2,20)4-3-5-15-10-11(13(18)12(10)17)16-6-8-19-9-7-16/h15,20H,3-9H2,1-2H3. The van der Waals surface area contributed by atoms with Crippen LogP contribution in [0.1, 0.15) is 26.7 Å². The summed E-state index contributed by atoms with van der Waals surface area (Å²) in [6, 6.07) is 0. The topological polar surface area (TPSA) is 58.6 Å². The number of rotatable bonds is 6. The number of hydrogen-bond acceptors (Lipinski definition) is 6. The van der Waals surface area contributed by atoms with E-state index in [0.29, 0.717) is 44.2 Å². The normalized spacial score (nSPS) is 16.6. The van der Waals surface area contributed by atoms with Gasteiger partial charge >= 0.3 is 0 Å². The Bertz CT molecular complexity index is 523. The third kappa shape index (κ3) is 3.55. The minimum Gasteiger partial charge on any atom is -0.380 e. The molecule has 1 fully saturated rings. The van der Waals surface area contributed by atoms with Crippen LogP contribution in [0.15, 0.2) is 9.59 Å². The van der Waals surface area contributed by atoms with Crippen LogP contribution in [0, 0.1) is 0 Å². The Morgan fingerprint density at radius 1 is 1.25 bits per heavy atom. The van der Waals surface area contributed by atoms with E-state index in [2.05, 4.69) is 31.8 Å². The number of anilines is 2. The number of nitrogens with one attached hydrogen (secondary N) is 1. The van der Waals surface area contributed by atoms with Gasteiger partial charge in [0.25, 0.3) is 10.9 Å². The van der Waals surface area contributed by atoms with Gasteiger partial charge in [-0.1, -0.05) is 13.8 Å². The fraction of sp³-hybridized carbons (Fsp3) is 0.714. The Morgan fingerprint density at radius 2 is 1.90 bits per heavy atom. The first kappa shape index (κ1) is 15.4. The van der Waals surface area contributed by atoms with Crippen LogP contribution in [0.4, 0.5) is 11.4 Å². The third-order valence-electron chi connectivity index (χ3n) is 3.48. The molecule has 0 bridgehead atoms. The molecule has 1 heterocycles. The molecule has 0 aromatic heterocycles.